The smallest absolute Gasteiger partial charge is 0.273 e. The molecule has 3 aromatic rings. The standard InChI is InChI=1S/C27H27ClF2N2O2/c1-4-27(29,30)20-10-8-19(9-11-20)16-25(33)32-22-12-14-24(15-13-22)34-26(2,3)18-31-23-7-5-6-21(28)17-23/h5-15,17-18H,4,16H2,1-3H3,(H,32,33). The monoisotopic (exact) mass is 484 g/mol. The highest BCUT2D eigenvalue weighted by molar-refractivity contribution is 6.30. The van der Waals surface area contributed by atoms with Crippen LogP contribution in [0.4, 0.5) is 20.2 Å². The molecule has 3 rings (SSSR count). The molecule has 7 heteroatoms. The number of anilines is 1. The number of hydrogen-bond acceptors (Lipinski definition) is 3. The summed E-state index contributed by atoms with van der Waals surface area (Å²) in [7, 11) is 0. The maximum atomic E-state index is 13.7. The summed E-state index contributed by atoms with van der Waals surface area (Å²) in [6.45, 7) is 5.21. The van der Waals surface area contributed by atoms with Gasteiger partial charge in [0, 0.05) is 28.9 Å². The molecule has 0 bridgehead atoms. The lowest BCUT2D eigenvalue weighted by atomic mass is 10.0. The summed E-state index contributed by atoms with van der Waals surface area (Å²) in [5, 5.41) is 3.42. The minimum Gasteiger partial charge on any atom is -0.482 e. The average molecular weight is 485 g/mol. The molecule has 0 saturated carbocycles. The van der Waals surface area contributed by atoms with E-state index in [0.717, 1.165) is 5.69 Å². The predicted molar refractivity (Wildman–Crippen MR) is 134 cm³/mol. The van der Waals surface area contributed by atoms with E-state index in [2.05, 4.69) is 10.3 Å². The van der Waals surface area contributed by atoms with Gasteiger partial charge in [-0.1, -0.05) is 48.9 Å². The molecule has 1 amide bonds. The quantitative estimate of drug-likeness (QED) is 0.318. The van der Waals surface area contributed by atoms with Crippen molar-refractivity contribution in [2.75, 3.05) is 5.32 Å². The van der Waals surface area contributed by atoms with Gasteiger partial charge in [-0.25, -0.2) is 8.78 Å². The van der Waals surface area contributed by atoms with Crippen LogP contribution in [0.2, 0.25) is 5.02 Å². The van der Waals surface area contributed by atoms with Gasteiger partial charge in [0.2, 0.25) is 5.91 Å². The van der Waals surface area contributed by atoms with E-state index >= 15 is 0 Å². The Kier molecular flexibility index (Phi) is 8.05. The number of aliphatic imine (C=N–C) groups is 1. The Morgan fingerprint density at radius 3 is 2.35 bits per heavy atom. The molecule has 0 aliphatic rings. The van der Waals surface area contributed by atoms with Crippen LogP contribution in [0.3, 0.4) is 0 Å². The number of hydrogen-bond donors (Lipinski definition) is 1. The van der Waals surface area contributed by atoms with Gasteiger partial charge < -0.3 is 10.1 Å². The Hall–Kier alpha value is -3.25. The van der Waals surface area contributed by atoms with E-state index < -0.39 is 11.5 Å². The number of carbonyl (C=O) groups is 1. The summed E-state index contributed by atoms with van der Waals surface area (Å²) in [4.78, 5) is 16.8. The molecule has 0 aliphatic carbocycles. The van der Waals surface area contributed by atoms with Crippen LogP contribution in [0.1, 0.15) is 38.3 Å². The molecule has 178 valence electrons. The zero-order valence-corrected chi connectivity index (χ0v) is 20.1. The Labute approximate surface area is 203 Å². The van der Waals surface area contributed by atoms with Gasteiger partial charge in [0.1, 0.15) is 11.4 Å². The van der Waals surface area contributed by atoms with Gasteiger partial charge in [-0.15, -0.1) is 0 Å². The van der Waals surface area contributed by atoms with Gasteiger partial charge in [-0.2, -0.15) is 0 Å². The number of benzene rings is 3. The third-order valence-corrected chi connectivity index (χ3v) is 5.27. The second kappa shape index (κ2) is 10.8. The summed E-state index contributed by atoms with van der Waals surface area (Å²) in [5.41, 5.74) is 1.28. The molecular formula is C27H27ClF2N2O2. The van der Waals surface area contributed by atoms with Crippen LogP contribution in [0.5, 0.6) is 5.75 Å². The number of nitrogens with one attached hydrogen (secondary N) is 1. The highest BCUT2D eigenvalue weighted by Gasteiger charge is 2.28. The van der Waals surface area contributed by atoms with Gasteiger partial charge in [0.05, 0.1) is 12.1 Å². The highest BCUT2D eigenvalue weighted by atomic mass is 35.5. The molecule has 0 saturated heterocycles. The van der Waals surface area contributed by atoms with Crippen LogP contribution >= 0.6 is 11.6 Å². The van der Waals surface area contributed by atoms with Crippen molar-refractivity contribution in [2.45, 2.75) is 45.1 Å². The van der Waals surface area contributed by atoms with E-state index in [9.17, 15) is 13.6 Å². The summed E-state index contributed by atoms with van der Waals surface area (Å²) in [5.74, 6) is -2.48. The minimum absolute atomic E-state index is 0.0460. The molecule has 0 unspecified atom stereocenters. The first-order valence-corrected chi connectivity index (χ1v) is 11.3. The highest BCUT2D eigenvalue weighted by Crippen LogP contribution is 2.31. The van der Waals surface area contributed by atoms with Crippen LogP contribution in [0.15, 0.2) is 77.8 Å². The van der Waals surface area contributed by atoms with Gasteiger partial charge in [0.15, 0.2) is 0 Å². The van der Waals surface area contributed by atoms with Crippen molar-refractivity contribution in [2.24, 2.45) is 4.99 Å². The Morgan fingerprint density at radius 2 is 1.74 bits per heavy atom. The van der Waals surface area contributed by atoms with E-state index in [4.69, 9.17) is 16.3 Å². The summed E-state index contributed by atoms with van der Waals surface area (Å²) in [6, 6.07) is 20.1. The molecule has 0 spiro atoms. The molecule has 0 heterocycles. The third-order valence-electron chi connectivity index (χ3n) is 5.04. The maximum Gasteiger partial charge on any atom is 0.273 e. The molecule has 0 radical (unpaired) electrons. The number of carbonyl (C=O) groups excluding carboxylic acids is 1. The number of rotatable bonds is 9. The van der Waals surface area contributed by atoms with Crippen LogP contribution in [-0.4, -0.2) is 17.7 Å². The molecular weight excluding hydrogens is 458 g/mol. The minimum atomic E-state index is -2.86. The molecule has 3 aromatic carbocycles. The summed E-state index contributed by atoms with van der Waals surface area (Å²) >= 11 is 5.99. The van der Waals surface area contributed by atoms with E-state index in [-0.39, 0.29) is 24.3 Å². The summed E-state index contributed by atoms with van der Waals surface area (Å²) < 4.78 is 33.5. The van der Waals surface area contributed by atoms with Crippen LogP contribution in [-0.2, 0) is 17.1 Å². The molecule has 0 fully saturated rings. The fourth-order valence-electron chi connectivity index (χ4n) is 3.18. The van der Waals surface area contributed by atoms with E-state index in [1.807, 2.05) is 26.0 Å². The Morgan fingerprint density at radius 1 is 1.06 bits per heavy atom. The van der Waals surface area contributed by atoms with Crippen molar-refractivity contribution in [3.63, 3.8) is 0 Å². The maximum absolute atomic E-state index is 13.7. The lowest BCUT2D eigenvalue weighted by Gasteiger charge is -2.22. The van der Waals surface area contributed by atoms with Gasteiger partial charge >= 0.3 is 0 Å². The lowest BCUT2D eigenvalue weighted by molar-refractivity contribution is -0.115. The topological polar surface area (TPSA) is 50.7 Å². The van der Waals surface area contributed by atoms with Gasteiger partial charge in [-0.05, 0) is 61.9 Å². The molecule has 0 aliphatic heterocycles. The zero-order valence-electron chi connectivity index (χ0n) is 19.3. The van der Waals surface area contributed by atoms with Crippen molar-refractivity contribution in [3.8, 4) is 5.75 Å². The number of ether oxygens (including phenoxy) is 1. The normalized spacial score (nSPS) is 12.1. The van der Waals surface area contributed by atoms with Crippen LogP contribution in [0.25, 0.3) is 0 Å². The molecule has 1 N–H and O–H groups in total. The van der Waals surface area contributed by atoms with Crippen molar-refractivity contribution in [1.29, 1.82) is 0 Å². The Balaban J connectivity index is 1.55. The molecule has 0 aromatic heterocycles. The predicted octanol–water partition coefficient (Wildman–Crippen LogP) is 7.58. The number of halogens is 3. The number of alkyl halides is 2. The van der Waals surface area contributed by atoms with E-state index in [1.54, 1.807) is 54.7 Å². The third kappa shape index (κ3) is 7.39. The van der Waals surface area contributed by atoms with Crippen molar-refractivity contribution >= 4 is 35.1 Å². The molecule has 34 heavy (non-hydrogen) atoms. The van der Waals surface area contributed by atoms with Gasteiger partial charge in [-0.3, -0.25) is 9.79 Å². The van der Waals surface area contributed by atoms with E-state index in [0.29, 0.717) is 22.0 Å². The van der Waals surface area contributed by atoms with E-state index in [1.165, 1.54) is 19.1 Å². The lowest BCUT2D eigenvalue weighted by Crippen LogP contribution is -2.29. The van der Waals surface area contributed by atoms with Crippen LogP contribution < -0.4 is 10.1 Å². The second-order valence-electron chi connectivity index (χ2n) is 8.45. The number of amides is 1. The van der Waals surface area contributed by atoms with Crippen LogP contribution in [0, 0.1) is 0 Å². The first kappa shape index (κ1) is 25.4. The first-order valence-electron chi connectivity index (χ1n) is 10.9. The second-order valence-corrected chi connectivity index (χ2v) is 8.88. The Bertz CT molecular complexity index is 1140. The van der Waals surface area contributed by atoms with Gasteiger partial charge in [0.25, 0.3) is 5.92 Å². The first-order chi connectivity index (χ1) is 16.1. The van der Waals surface area contributed by atoms with Crippen molar-refractivity contribution < 1.29 is 18.3 Å². The summed E-state index contributed by atoms with van der Waals surface area (Å²) in [6.07, 6.45) is 1.53. The van der Waals surface area contributed by atoms with Crippen molar-refractivity contribution in [1.82, 2.24) is 0 Å². The fourth-order valence-corrected chi connectivity index (χ4v) is 3.37. The fraction of sp³-hybridized carbons (Fsp3) is 0.259. The average Bonchev–Trinajstić information content (AvgIpc) is 2.79. The molecule has 4 nitrogen and oxygen atoms in total. The largest absolute Gasteiger partial charge is 0.482 e. The number of nitrogens with zero attached hydrogens (tertiary/aromatic N) is 1. The molecule has 0 atom stereocenters. The van der Waals surface area contributed by atoms with Crippen molar-refractivity contribution in [3.05, 3.63) is 88.9 Å². The zero-order chi connectivity index (χ0) is 24.8. The SMILES string of the molecule is CCC(F)(F)c1ccc(CC(=O)Nc2ccc(OC(C)(C)C=Nc3cccc(Cl)c3)cc2)cc1.